The minimum absolute atomic E-state index is 0.00486. The number of phenolic OH excluding ortho intramolecular Hbond substituents is 1. The average Bonchev–Trinajstić information content (AvgIpc) is 2.54. The molecule has 0 saturated heterocycles. The smallest absolute Gasteiger partial charge is 0.218 e. The van der Waals surface area contributed by atoms with Gasteiger partial charge in [-0.25, -0.2) is 0 Å². The van der Waals surface area contributed by atoms with Crippen molar-refractivity contribution in [3.05, 3.63) is 41.2 Å². The van der Waals surface area contributed by atoms with E-state index in [0.717, 1.165) is 5.56 Å². The number of hydrogen-bond acceptors (Lipinski definition) is 5. The second-order valence-corrected chi connectivity index (χ2v) is 6.93. The molecule has 1 heterocycles. The molecule has 2 N–H and O–H groups in total. The average molecular weight is 328 g/mol. The highest BCUT2D eigenvalue weighted by molar-refractivity contribution is 6.00. The van der Waals surface area contributed by atoms with Gasteiger partial charge in [-0.1, -0.05) is 12.1 Å². The Bertz CT molecular complexity index is 733. The zero-order chi connectivity index (χ0) is 16.9. The van der Waals surface area contributed by atoms with Gasteiger partial charge in [-0.3, -0.25) is 9.59 Å². The van der Waals surface area contributed by atoms with Gasteiger partial charge in [-0.15, -0.1) is 0 Å². The van der Waals surface area contributed by atoms with Gasteiger partial charge in [0.25, 0.3) is 0 Å². The van der Waals surface area contributed by atoms with Gasteiger partial charge in [0.1, 0.15) is 17.3 Å². The summed E-state index contributed by atoms with van der Waals surface area (Å²) in [5.41, 5.74) is 1.30. The van der Waals surface area contributed by atoms with Gasteiger partial charge < -0.3 is 14.9 Å². The van der Waals surface area contributed by atoms with Crippen molar-refractivity contribution >= 4 is 11.6 Å². The van der Waals surface area contributed by atoms with Crippen molar-refractivity contribution in [2.75, 3.05) is 0 Å². The fourth-order valence-electron chi connectivity index (χ4n) is 4.35. The van der Waals surface area contributed by atoms with Crippen LogP contribution in [0, 0.1) is 5.92 Å². The summed E-state index contributed by atoms with van der Waals surface area (Å²) in [7, 11) is 0. The van der Waals surface area contributed by atoms with E-state index in [2.05, 4.69) is 0 Å². The zero-order valence-electron chi connectivity index (χ0n) is 13.3. The molecule has 126 valence electrons. The number of ketones is 2. The Morgan fingerprint density at radius 2 is 1.79 bits per heavy atom. The first-order chi connectivity index (χ1) is 11.5. The molecule has 1 aromatic carbocycles. The lowest BCUT2D eigenvalue weighted by molar-refractivity contribution is -0.237. The highest BCUT2D eigenvalue weighted by atomic mass is 16.6. The van der Waals surface area contributed by atoms with Crippen molar-refractivity contribution < 1.29 is 24.5 Å². The number of fused-ring (bicyclic) bond motifs is 1. The van der Waals surface area contributed by atoms with Crippen molar-refractivity contribution in [1.82, 2.24) is 0 Å². The molecule has 0 unspecified atom stereocenters. The number of ether oxygens (including phenoxy) is 1. The number of aliphatic hydroxyl groups is 1. The Morgan fingerprint density at radius 3 is 2.54 bits per heavy atom. The summed E-state index contributed by atoms with van der Waals surface area (Å²) in [6.07, 6.45) is 3.12. The molecule has 0 spiro atoms. The Morgan fingerprint density at radius 1 is 1.04 bits per heavy atom. The van der Waals surface area contributed by atoms with Crippen LogP contribution in [-0.4, -0.2) is 27.6 Å². The fraction of sp³-hybridized carbons (Fsp3) is 0.474. The van der Waals surface area contributed by atoms with E-state index in [1.807, 2.05) is 0 Å². The van der Waals surface area contributed by atoms with Gasteiger partial charge >= 0.3 is 0 Å². The Labute approximate surface area is 139 Å². The molecule has 0 bridgehead atoms. The van der Waals surface area contributed by atoms with Gasteiger partial charge in [-0.05, 0) is 30.5 Å². The van der Waals surface area contributed by atoms with Crippen LogP contribution in [0.15, 0.2) is 35.6 Å². The molecule has 5 nitrogen and oxygen atoms in total. The molecule has 0 aromatic heterocycles. The van der Waals surface area contributed by atoms with Gasteiger partial charge in [-0.2, -0.15) is 0 Å². The number of aromatic hydroxyl groups is 1. The lowest BCUT2D eigenvalue weighted by Crippen LogP contribution is -2.54. The normalized spacial score (nSPS) is 32.9. The molecule has 3 aliphatic rings. The standard InChI is InChI=1S/C19H20O5/c20-12-8-6-11(7-9-12)16-17-13(21)3-1-5-15(17)24-19(23)10-2-4-14(22)18(16)19/h6-9,16,18,20,23H,1-5,10H2/t16-,18+,19-/m0/s1. The molecule has 1 aliphatic heterocycles. The number of carbonyl (C=O) groups is 2. The first kappa shape index (κ1) is 15.4. The molecular formula is C19H20O5. The quantitative estimate of drug-likeness (QED) is 0.828. The number of hydrogen-bond donors (Lipinski definition) is 2. The number of carbonyl (C=O) groups excluding carboxylic acids is 2. The summed E-state index contributed by atoms with van der Waals surface area (Å²) in [6, 6.07) is 6.54. The van der Waals surface area contributed by atoms with Gasteiger partial charge in [0.05, 0.1) is 5.92 Å². The van der Waals surface area contributed by atoms with Crippen molar-refractivity contribution in [2.45, 2.75) is 50.2 Å². The summed E-state index contributed by atoms with van der Waals surface area (Å²) in [6.45, 7) is 0. The minimum atomic E-state index is -1.53. The molecular weight excluding hydrogens is 308 g/mol. The van der Waals surface area contributed by atoms with E-state index >= 15 is 0 Å². The van der Waals surface area contributed by atoms with E-state index in [0.29, 0.717) is 49.9 Å². The van der Waals surface area contributed by atoms with Crippen LogP contribution in [0.2, 0.25) is 0 Å². The molecule has 3 atom stereocenters. The fourth-order valence-corrected chi connectivity index (χ4v) is 4.35. The minimum Gasteiger partial charge on any atom is -0.508 e. The number of benzene rings is 1. The molecule has 1 aromatic rings. The van der Waals surface area contributed by atoms with Crippen molar-refractivity contribution in [3.63, 3.8) is 0 Å². The summed E-state index contributed by atoms with van der Waals surface area (Å²) in [4.78, 5) is 25.2. The van der Waals surface area contributed by atoms with Crippen LogP contribution >= 0.6 is 0 Å². The molecule has 1 saturated carbocycles. The van der Waals surface area contributed by atoms with E-state index < -0.39 is 17.6 Å². The molecule has 2 aliphatic carbocycles. The van der Waals surface area contributed by atoms with Crippen molar-refractivity contribution in [1.29, 1.82) is 0 Å². The van der Waals surface area contributed by atoms with Gasteiger partial charge in [0.2, 0.25) is 5.79 Å². The Hall–Kier alpha value is -2.14. The molecule has 24 heavy (non-hydrogen) atoms. The van der Waals surface area contributed by atoms with Gasteiger partial charge in [0.15, 0.2) is 5.78 Å². The SMILES string of the molecule is O=C1CCCC2=C1[C@H](c1ccc(O)cc1)[C@H]1C(=O)CCC[C@]1(O)O2. The molecule has 0 radical (unpaired) electrons. The van der Waals surface area contributed by atoms with Gasteiger partial charge in [0, 0.05) is 37.2 Å². The topological polar surface area (TPSA) is 83.8 Å². The number of rotatable bonds is 1. The largest absolute Gasteiger partial charge is 0.508 e. The monoisotopic (exact) mass is 328 g/mol. The lowest BCUT2D eigenvalue weighted by atomic mass is 9.65. The summed E-state index contributed by atoms with van der Waals surface area (Å²) in [5, 5.41) is 20.6. The zero-order valence-corrected chi connectivity index (χ0v) is 13.3. The van der Waals surface area contributed by atoms with Crippen LogP contribution < -0.4 is 0 Å². The molecule has 5 heteroatoms. The Balaban J connectivity index is 1.90. The maximum Gasteiger partial charge on any atom is 0.218 e. The summed E-state index contributed by atoms with van der Waals surface area (Å²) >= 11 is 0. The first-order valence-corrected chi connectivity index (χ1v) is 8.49. The summed E-state index contributed by atoms with van der Waals surface area (Å²) < 4.78 is 5.84. The Kier molecular flexibility index (Phi) is 3.49. The van der Waals surface area contributed by atoms with E-state index in [9.17, 15) is 19.8 Å². The van der Waals surface area contributed by atoms with E-state index in [1.54, 1.807) is 24.3 Å². The molecule has 1 fully saturated rings. The molecule has 0 amide bonds. The van der Waals surface area contributed by atoms with Crippen LogP contribution in [0.1, 0.15) is 50.0 Å². The van der Waals surface area contributed by atoms with E-state index in [4.69, 9.17) is 4.74 Å². The van der Waals surface area contributed by atoms with Crippen molar-refractivity contribution in [2.24, 2.45) is 5.92 Å². The highest BCUT2D eigenvalue weighted by Crippen LogP contribution is 2.52. The number of phenols is 1. The summed E-state index contributed by atoms with van der Waals surface area (Å²) in [5.74, 6) is -2.20. The van der Waals surface area contributed by atoms with E-state index in [1.165, 1.54) is 0 Å². The van der Waals surface area contributed by atoms with Crippen LogP contribution in [0.4, 0.5) is 0 Å². The van der Waals surface area contributed by atoms with Crippen LogP contribution in [-0.2, 0) is 14.3 Å². The highest BCUT2D eigenvalue weighted by Gasteiger charge is 2.56. The van der Waals surface area contributed by atoms with E-state index in [-0.39, 0.29) is 17.3 Å². The number of allylic oxidation sites excluding steroid dienone is 2. The maximum absolute atomic E-state index is 12.6. The van der Waals surface area contributed by atoms with Crippen LogP contribution in [0.25, 0.3) is 0 Å². The van der Waals surface area contributed by atoms with Crippen LogP contribution in [0.5, 0.6) is 5.75 Å². The second-order valence-electron chi connectivity index (χ2n) is 6.93. The lowest BCUT2D eigenvalue weighted by Gasteiger charge is -2.48. The van der Waals surface area contributed by atoms with Crippen molar-refractivity contribution in [3.8, 4) is 5.75 Å². The third-order valence-corrected chi connectivity index (χ3v) is 5.40. The number of Topliss-reactive ketones (excluding diaryl/α,β-unsaturated/α-hetero) is 2. The molecule has 4 rings (SSSR count). The first-order valence-electron chi connectivity index (χ1n) is 8.49. The van der Waals surface area contributed by atoms with Crippen LogP contribution in [0.3, 0.4) is 0 Å². The third-order valence-electron chi connectivity index (χ3n) is 5.40. The predicted octanol–water partition coefficient (Wildman–Crippen LogP) is 2.57. The second kappa shape index (κ2) is 5.45. The maximum atomic E-state index is 12.6. The third kappa shape index (κ3) is 2.26. The predicted molar refractivity (Wildman–Crippen MR) is 85.1 cm³/mol.